The van der Waals surface area contributed by atoms with Gasteiger partial charge in [0.1, 0.15) is 10.8 Å². The van der Waals surface area contributed by atoms with Crippen molar-refractivity contribution in [3.8, 4) is 0 Å². The van der Waals surface area contributed by atoms with Crippen LogP contribution in [-0.2, 0) is 9.05 Å². The second kappa shape index (κ2) is 4.19. The van der Waals surface area contributed by atoms with Crippen LogP contribution in [0.1, 0.15) is 17.7 Å². The molecular formula is C7H5Cl2F2NO2S. The van der Waals surface area contributed by atoms with E-state index in [1.165, 1.54) is 6.92 Å². The molecule has 1 heterocycles. The fourth-order valence-corrected chi connectivity index (χ4v) is 2.40. The number of rotatable bonds is 2. The summed E-state index contributed by atoms with van der Waals surface area (Å²) in [6.45, 7) is 1.33. The molecule has 0 N–H and O–H groups in total. The standard InChI is InChI=1S/C7H5Cl2F2NO2S/c1-3-5(15(9,13)14)2-4(7(10)11)12-6(3)8/h2,7H,1H3. The van der Waals surface area contributed by atoms with Crippen LogP contribution in [0.3, 0.4) is 0 Å². The minimum Gasteiger partial charge on any atom is -0.235 e. The fraction of sp³-hybridized carbons (Fsp3) is 0.286. The number of halogens is 4. The van der Waals surface area contributed by atoms with Crippen LogP contribution in [0.2, 0.25) is 5.15 Å². The number of pyridine rings is 1. The number of aromatic nitrogens is 1. The predicted molar refractivity (Wildman–Crippen MR) is 52.0 cm³/mol. The molecule has 1 aromatic rings. The molecule has 0 saturated carbocycles. The Labute approximate surface area is 94.4 Å². The summed E-state index contributed by atoms with van der Waals surface area (Å²) >= 11 is 5.50. The van der Waals surface area contributed by atoms with Gasteiger partial charge in [0.05, 0.1) is 4.90 Å². The van der Waals surface area contributed by atoms with E-state index in [4.69, 9.17) is 22.3 Å². The summed E-state index contributed by atoms with van der Waals surface area (Å²) < 4.78 is 46.6. The molecule has 0 aromatic carbocycles. The Morgan fingerprint density at radius 2 is 2.00 bits per heavy atom. The third kappa shape index (κ3) is 2.76. The Hall–Kier alpha value is -0.460. The van der Waals surface area contributed by atoms with E-state index in [0.29, 0.717) is 6.07 Å². The van der Waals surface area contributed by atoms with E-state index in [2.05, 4.69) is 4.98 Å². The zero-order valence-corrected chi connectivity index (χ0v) is 9.67. The second-order valence-corrected chi connectivity index (χ2v) is 5.59. The van der Waals surface area contributed by atoms with Crippen LogP contribution in [0.15, 0.2) is 11.0 Å². The molecule has 15 heavy (non-hydrogen) atoms. The molecule has 0 saturated heterocycles. The maximum atomic E-state index is 12.3. The highest BCUT2D eigenvalue weighted by atomic mass is 35.7. The molecule has 1 rings (SSSR count). The van der Waals surface area contributed by atoms with Crippen molar-refractivity contribution in [2.75, 3.05) is 0 Å². The average Bonchev–Trinajstić information content (AvgIpc) is 2.06. The van der Waals surface area contributed by atoms with E-state index in [9.17, 15) is 17.2 Å². The highest BCUT2D eigenvalue weighted by Gasteiger charge is 2.21. The van der Waals surface area contributed by atoms with Crippen LogP contribution >= 0.6 is 22.3 Å². The largest absolute Gasteiger partial charge is 0.280 e. The van der Waals surface area contributed by atoms with E-state index < -0.39 is 26.1 Å². The summed E-state index contributed by atoms with van der Waals surface area (Å²) in [5.74, 6) is 0. The van der Waals surface area contributed by atoms with Crippen molar-refractivity contribution in [2.24, 2.45) is 0 Å². The molecule has 1 aromatic heterocycles. The number of nitrogens with zero attached hydrogens (tertiary/aromatic N) is 1. The highest BCUT2D eigenvalue weighted by Crippen LogP contribution is 2.28. The molecular weight excluding hydrogens is 271 g/mol. The average molecular weight is 276 g/mol. The maximum Gasteiger partial charge on any atom is 0.280 e. The molecule has 0 amide bonds. The van der Waals surface area contributed by atoms with Gasteiger partial charge in [0.2, 0.25) is 0 Å². The molecule has 0 fully saturated rings. The van der Waals surface area contributed by atoms with Gasteiger partial charge in [0.25, 0.3) is 15.5 Å². The van der Waals surface area contributed by atoms with Gasteiger partial charge in [-0.1, -0.05) is 11.6 Å². The van der Waals surface area contributed by atoms with Crippen LogP contribution in [0.5, 0.6) is 0 Å². The van der Waals surface area contributed by atoms with Gasteiger partial charge in [-0.3, -0.25) is 0 Å². The van der Waals surface area contributed by atoms with Crippen molar-refractivity contribution < 1.29 is 17.2 Å². The molecule has 0 radical (unpaired) electrons. The van der Waals surface area contributed by atoms with Gasteiger partial charge >= 0.3 is 0 Å². The first-order valence-corrected chi connectivity index (χ1v) is 6.32. The SMILES string of the molecule is Cc1c(S(=O)(=O)Cl)cc(C(F)F)nc1Cl. The molecule has 84 valence electrons. The lowest BCUT2D eigenvalue weighted by atomic mass is 10.3. The van der Waals surface area contributed by atoms with E-state index in [0.717, 1.165) is 0 Å². The Balaban J connectivity index is 3.52. The van der Waals surface area contributed by atoms with Gasteiger partial charge < -0.3 is 0 Å². The van der Waals surface area contributed by atoms with Crippen molar-refractivity contribution >= 4 is 31.3 Å². The summed E-state index contributed by atoms with van der Waals surface area (Å²) in [7, 11) is 0.956. The highest BCUT2D eigenvalue weighted by molar-refractivity contribution is 8.13. The topological polar surface area (TPSA) is 47.0 Å². The predicted octanol–water partition coefficient (Wildman–Crippen LogP) is 2.91. The van der Waals surface area contributed by atoms with Crippen LogP contribution in [-0.4, -0.2) is 13.4 Å². The zero-order chi connectivity index (χ0) is 11.8. The second-order valence-electron chi connectivity index (χ2n) is 2.70. The van der Waals surface area contributed by atoms with Gasteiger partial charge in [0.15, 0.2) is 0 Å². The van der Waals surface area contributed by atoms with E-state index in [-0.39, 0.29) is 10.7 Å². The Bertz CT molecular complexity index is 490. The van der Waals surface area contributed by atoms with Crippen molar-refractivity contribution in [1.82, 2.24) is 4.98 Å². The summed E-state index contributed by atoms with van der Waals surface area (Å²) in [5, 5.41) is -0.299. The molecule has 8 heteroatoms. The molecule has 0 bridgehead atoms. The smallest absolute Gasteiger partial charge is 0.235 e. The number of alkyl halides is 2. The van der Waals surface area contributed by atoms with Gasteiger partial charge in [-0.05, 0) is 13.0 Å². The first-order valence-electron chi connectivity index (χ1n) is 3.63. The van der Waals surface area contributed by atoms with E-state index >= 15 is 0 Å². The van der Waals surface area contributed by atoms with Crippen LogP contribution < -0.4 is 0 Å². The molecule has 0 aliphatic heterocycles. The summed E-state index contributed by atoms with van der Waals surface area (Å²) in [6.07, 6.45) is -2.90. The van der Waals surface area contributed by atoms with Crippen LogP contribution in [0, 0.1) is 6.92 Å². The lowest BCUT2D eigenvalue weighted by Gasteiger charge is -2.06. The van der Waals surface area contributed by atoms with E-state index in [1.54, 1.807) is 0 Å². The van der Waals surface area contributed by atoms with Crippen molar-refractivity contribution in [1.29, 1.82) is 0 Å². The Kier molecular flexibility index (Phi) is 3.52. The minimum atomic E-state index is -4.10. The van der Waals surface area contributed by atoms with Crippen molar-refractivity contribution in [3.05, 3.63) is 22.5 Å². The molecule has 3 nitrogen and oxygen atoms in total. The minimum absolute atomic E-state index is 0.0519. The van der Waals surface area contributed by atoms with Crippen LogP contribution in [0.25, 0.3) is 0 Å². The first-order chi connectivity index (χ1) is 6.73. The quantitative estimate of drug-likeness (QED) is 0.616. The summed E-state index contributed by atoms with van der Waals surface area (Å²) in [6, 6.07) is 0.716. The molecule has 0 unspecified atom stereocenters. The molecule has 0 spiro atoms. The van der Waals surface area contributed by atoms with E-state index in [1.807, 2.05) is 0 Å². The number of hydrogen-bond acceptors (Lipinski definition) is 3. The Morgan fingerprint density at radius 3 is 2.40 bits per heavy atom. The first kappa shape index (κ1) is 12.6. The molecule has 0 aliphatic carbocycles. The fourth-order valence-electron chi connectivity index (χ4n) is 0.939. The van der Waals surface area contributed by atoms with Gasteiger partial charge in [-0.25, -0.2) is 22.2 Å². The summed E-state index contributed by atoms with van der Waals surface area (Å²) in [5.41, 5.74) is -0.666. The molecule has 0 atom stereocenters. The molecule has 0 aliphatic rings. The maximum absolute atomic E-state index is 12.3. The van der Waals surface area contributed by atoms with Gasteiger partial charge in [-0.15, -0.1) is 0 Å². The third-order valence-corrected chi connectivity index (χ3v) is 3.49. The number of hydrogen-bond donors (Lipinski definition) is 0. The van der Waals surface area contributed by atoms with Crippen molar-refractivity contribution in [3.63, 3.8) is 0 Å². The monoisotopic (exact) mass is 275 g/mol. The zero-order valence-electron chi connectivity index (χ0n) is 7.34. The lowest BCUT2D eigenvalue weighted by molar-refractivity contribution is 0.145. The Morgan fingerprint density at radius 1 is 1.47 bits per heavy atom. The van der Waals surface area contributed by atoms with Gasteiger partial charge in [0, 0.05) is 16.2 Å². The lowest BCUT2D eigenvalue weighted by Crippen LogP contribution is -2.01. The van der Waals surface area contributed by atoms with Crippen LogP contribution in [0.4, 0.5) is 8.78 Å². The normalized spacial score (nSPS) is 12.1. The summed E-state index contributed by atoms with van der Waals surface area (Å²) in [4.78, 5) is 2.89. The van der Waals surface area contributed by atoms with Gasteiger partial charge in [-0.2, -0.15) is 0 Å². The third-order valence-electron chi connectivity index (χ3n) is 1.67. The van der Waals surface area contributed by atoms with Crippen molar-refractivity contribution in [2.45, 2.75) is 18.2 Å².